The number of para-hydroxylation sites is 2. The molecule has 4 nitrogen and oxygen atoms in total. The molecule has 0 radical (unpaired) electrons. The fraction of sp³-hybridized carbons (Fsp3) is 0.0417. The first-order valence-electron chi connectivity index (χ1n) is 18.1. The Balaban J connectivity index is 1.22. The fourth-order valence-electron chi connectivity index (χ4n) is 9.32. The molecule has 4 heteroatoms. The number of hydrogen-bond acceptors (Lipinski definition) is 2. The zero-order valence-electron chi connectivity index (χ0n) is 28.2. The maximum absolute atomic E-state index is 4.01. The van der Waals surface area contributed by atoms with Crippen molar-refractivity contribution in [3.63, 3.8) is 0 Å². The molecule has 2 aliphatic heterocycles. The summed E-state index contributed by atoms with van der Waals surface area (Å²) in [6.07, 6.45) is 8.59. The molecule has 2 unspecified atom stereocenters. The minimum Gasteiger partial charge on any atom is -0.352 e. The maximum atomic E-state index is 4.01. The lowest BCUT2D eigenvalue weighted by atomic mass is 9.93. The average Bonchev–Trinajstić information content (AvgIpc) is 3.69. The van der Waals surface area contributed by atoms with Crippen molar-refractivity contribution in [2.75, 3.05) is 0 Å². The molecule has 2 N–H and O–H groups in total. The number of nitrogens with one attached hydrogen (secondary N) is 2. The van der Waals surface area contributed by atoms with Crippen LogP contribution in [0.2, 0.25) is 0 Å². The molecule has 2 atom stereocenters. The minimum atomic E-state index is -0.211. The Hall–Kier alpha value is -6.62. The van der Waals surface area contributed by atoms with E-state index in [0.717, 1.165) is 5.70 Å². The van der Waals surface area contributed by atoms with Gasteiger partial charge in [0.25, 0.3) is 0 Å². The molecule has 4 heterocycles. The van der Waals surface area contributed by atoms with Gasteiger partial charge in [-0.2, -0.15) is 0 Å². The number of rotatable bonds is 2. The lowest BCUT2D eigenvalue weighted by molar-refractivity contribution is 0.363. The summed E-state index contributed by atoms with van der Waals surface area (Å²) >= 11 is 0. The summed E-state index contributed by atoms with van der Waals surface area (Å²) in [4.78, 5) is 0. The molecule has 1 aliphatic carbocycles. The van der Waals surface area contributed by atoms with Gasteiger partial charge in [0.05, 0.1) is 33.8 Å². The van der Waals surface area contributed by atoms with E-state index >= 15 is 0 Å². The van der Waals surface area contributed by atoms with Crippen LogP contribution < -0.4 is 10.6 Å². The van der Waals surface area contributed by atoms with Crippen LogP contribution in [0, 0.1) is 0 Å². The van der Waals surface area contributed by atoms with Gasteiger partial charge in [-0.15, -0.1) is 0 Å². The van der Waals surface area contributed by atoms with Crippen LogP contribution >= 0.6 is 0 Å². The van der Waals surface area contributed by atoms with Crippen molar-refractivity contribution < 1.29 is 0 Å². The van der Waals surface area contributed by atoms with Gasteiger partial charge in [0, 0.05) is 38.4 Å². The minimum absolute atomic E-state index is 0.0648. The summed E-state index contributed by atoms with van der Waals surface area (Å²) in [6.45, 7) is 0. The van der Waals surface area contributed by atoms with E-state index in [1.807, 2.05) is 0 Å². The lowest BCUT2D eigenvalue weighted by Crippen LogP contribution is -2.48. The second-order valence-electron chi connectivity index (χ2n) is 14.2. The molecular weight excluding hydrogens is 633 g/mol. The van der Waals surface area contributed by atoms with Crippen LogP contribution in [-0.2, 0) is 0 Å². The molecular formula is C48H32N4. The molecule has 12 rings (SSSR count). The number of hydrogen-bond donors (Lipinski definition) is 2. The second-order valence-corrected chi connectivity index (χ2v) is 14.2. The Morgan fingerprint density at radius 1 is 0.519 bits per heavy atom. The molecule has 0 saturated heterocycles. The molecule has 2 aromatic heterocycles. The first-order chi connectivity index (χ1) is 25.8. The SMILES string of the molecule is C1=CC2=C(c3ccccc3)NC(n3c4cc5c(cc4c4c6ccccc6ccc43)-n3c4ccccc4c4cccc(c43)-c3ccccc3-5)NC2C=C1. The monoisotopic (exact) mass is 664 g/mol. The van der Waals surface area contributed by atoms with Crippen LogP contribution in [-0.4, -0.2) is 15.2 Å². The Morgan fingerprint density at radius 2 is 1.27 bits per heavy atom. The van der Waals surface area contributed by atoms with Gasteiger partial charge in [0.2, 0.25) is 0 Å². The van der Waals surface area contributed by atoms with E-state index in [0.29, 0.717) is 0 Å². The fourth-order valence-corrected chi connectivity index (χ4v) is 9.32. The van der Waals surface area contributed by atoms with Crippen molar-refractivity contribution in [3.05, 3.63) is 181 Å². The highest BCUT2D eigenvalue weighted by molar-refractivity contribution is 6.23. The van der Waals surface area contributed by atoms with Crippen LogP contribution in [0.25, 0.3) is 88.0 Å². The summed E-state index contributed by atoms with van der Waals surface area (Å²) in [5.74, 6) is 0. The molecule has 3 aliphatic rings. The number of fused-ring (bicyclic) bond motifs is 14. The lowest BCUT2D eigenvalue weighted by Gasteiger charge is -2.37. The zero-order valence-corrected chi connectivity index (χ0v) is 28.2. The Labute approximate surface area is 300 Å². The summed E-state index contributed by atoms with van der Waals surface area (Å²) in [7, 11) is 0. The Morgan fingerprint density at radius 3 is 2.17 bits per heavy atom. The molecule has 0 saturated carbocycles. The van der Waals surface area contributed by atoms with Gasteiger partial charge in [-0.3, -0.25) is 5.32 Å². The van der Waals surface area contributed by atoms with Gasteiger partial charge < -0.3 is 14.5 Å². The van der Waals surface area contributed by atoms with Gasteiger partial charge in [-0.25, -0.2) is 0 Å². The first kappa shape index (κ1) is 28.1. The van der Waals surface area contributed by atoms with E-state index in [-0.39, 0.29) is 12.3 Å². The van der Waals surface area contributed by atoms with Gasteiger partial charge >= 0.3 is 0 Å². The molecule has 9 aromatic rings. The highest BCUT2D eigenvalue weighted by atomic mass is 15.3. The molecule has 52 heavy (non-hydrogen) atoms. The van der Waals surface area contributed by atoms with Crippen molar-refractivity contribution >= 4 is 60.1 Å². The number of allylic oxidation sites excluding steroid dienone is 2. The number of nitrogens with zero attached hydrogens (tertiary/aromatic N) is 2. The van der Waals surface area contributed by atoms with Crippen LogP contribution in [0.1, 0.15) is 11.9 Å². The molecule has 0 fully saturated rings. The van der Waals surface area contributed by atoms with Crippen molar-refractivity contribution in [1.29, 1.82) is 0 Å². The molecule has 0 spiro atoms. The van der Waals surface area contributed by atoms with Crippen molar-refractivity contribution in [2.45, 2.75) is 12.3 Å². The Bertz CT molecular complexity index is 3080. The van der Waals surface area contributed by atoms with Crippen LogP contribution in [0.4, 0.5) is 0 Å². The second kappa shape index (κ2) is 10.5. The highest BCUT2D eigenvalue weighted by Crippen LogP contribution is 2.49. The number of benzene rings is 7. The average molecular weight is 665 g/mol. The summed E-state index contributed by atoms with van der Waals surface area (Å²) < 4.78 is 5.04. The first-order valence-corrected chi connectivity index (χ1v) is 18.1. The van der Waals surface area contributed by atoms with Crippen molar-refractivity contribution in [3.8, 4) is 27.9 Å². The van der Waals surface area contributed by atoms with Gasteiger partial charge in [-0.05, 0) is 57.3 Å². The quantitative estimate of drug-likeness (QED) is 0.193. The predicted octanol–water partition coefficient (Wildman–Crippen LogP) is 11.2. The van der Waals surface area contributed by atoms with Gasteiger partial charge in [-0.1, -0.05) is 146 Å². The summed E-state index contributed by atoms with van der Waals surface area (Å²) in [5, 5.41) is 15.6. The Kier molecular flexibility index (Phi) is 5.65. The topological polar surface area (TPSA) is 33.9 Å². The van der Waals surface area contributed by atoms with E-state index in [9.17, 15) is 0 Å². The standard InChI is InChI=1S/C48H32N4/c1-2-14-30(15-3-1)46-37-20-8-10-23-40(37)49-48(50-46)52-42-26-25-29-13-4-5-16-31(29)45(42)39-28-43-38(27-44(39)52)33-18-7-6-17-32(33)35-21-12-22-36-34-19-9-11-24-41(34)51(43)47(35)36/h1-28,40,48-50H. The predicted molar refractivity (Wildman–Crippen MR) is 216 cm³/mol. The summed E-state index contributed by atoms with van der Waals surface area (Å²) in [6, 6.07) is 53.8. The highest BCUT2D eigenvalue weighted by Gasteiger charge is 2.32. The van der Waals surface area contributed by atoms with Gasteiger partial charge in [0.1, 0.15) is 0 Å². The third-order valence-electron chi connectivity index (χ3n) is 11.5. The third kappa shape index (κ3) is 3.74. The third-order valence-corrected chi connectivity index (χ3v) is 11.5. The molecule has 7 aromatic carbocycles. The van der Waals surface area contributed by atoms with E-state index in [2.05, 4.69) is 190 Å². The molecule has 0 bridgehead atoms. The van der Waals surface area contributed by atoms with Crippen LogP contribution in [0.3, 0.4) is 0 Å². The van der Waals surface area contributed by atoms with Crippen LogP contribution in [0.5, 0.6) is 0 Å². The number of aromatic nitrogens is 2. The maximum Gasteiger partial charge on any atom is 0.160 e. The molecule has 0 amide bonds. The van der Waals surface area contributed by atoms with E-state index in [4.69, 9.17) is 0 Å². The van der Waals surface area contributed by atoms with Crippen molar-refractivity contribution in [2.24, 2.45) is 0 Å². The van der Waals surface area contributed by atoms with Crippen molar-refractivity contribution in [1.82, 2.24) is 19.8 Å². The van der Waals surface area contributed by atoms with E-state index < -0.39 is 0 Å². The molecule has 244 valence electrons. The summed E-state index contributed by atoms with van der Waals surface area (Å²) in [5.41, 5.74) is 14.7. The largest absolute Gasteiger partial charge is 0.352 e. The van der Waals surface area contributed by atoms with E-state index in [1.165, 1.54) is 93.5 Å². The van der Waals surface area contributed by atoms with Crippen LogP contribution in [0.15, 0.2) is 175 Å². The van der Waals surface area contributed by atoms with Gasteiger partial charge in [0.15, 0.2) is 6.29 Å². The smallest absolute Gasteiger partial charge is 0.160 e. The van der Waals surface area contributed by atoms with E-state index in [1.54, 1.807) is 0 Å². The zero-order chi connectivity index (χ0) is 33.9. The normalized spacial score (nSPS) is 17.5.